The number of aromatic nitrogens is 3. The summed E-state index contributed by atoms with van der Waals surface area (Å²) >= 11 is 1.42. The van der Waals surface area contributed by atoms with Crippen molar-refractivity contribution in [3.05, 3.63) is 29.6 Å². The monoisotopic (exact) mass is 302 g/mol. The van der Waals surface area contributed by atoms with Gasteiger partial charge in [-0.05, 0) is 62.6 Å². The summed E-state index contributed by atoms with van der Waals surface area (Å²) in [6, 6.07) is 5.63. The third-order valence-corrected chi connectivity index (χ3v) is 3.98. The van der Waals surface area contributed by atoms with Gasteiger partial charge in [0.1, 0.15) is 5.03 Å². The van der Waals surface area contributed by atoms with Gasteiger partial charge in [-0.1, -0.05) is 0 Å². The van der Waals surface area contributed by atoms with E-state index in [1.54, 1.807) is 0 Å². The minimum Gasteiger partial charge on any atom is -0.476 e. The summed E-state index contributed by atoms with van der Waals surface area (Å²) in [7, 11) is 0. The number of ether oxygens (including phenoxy) is 1. The van der Waals surface area contributed by atoms with Gasteiger partial charge in [0, 0.05) is 11.4 Å². The van der Waals surface area contributed by atoms with Crippen LogP contribution in [0.5, 0.6) is 5.88 Å². The van der Waals surface area contributed by atoms with Crippen LogP contribution in [0.25, 0.3) is 0 Å². The predicted molar refractivity (Wildman–Crippen MR) is 82.5 cm³/mol. The molecule has 0 aromatic carbocycles. The van der Waals surface area contributed by atoms with Gasteiger partial charge in [-0.2, -0.15) is 0 Å². The van der Waals surface area contributed by atoms with E-state index in [0.29, 0.717) is 29.2 Å². The Hall–Kier alpha value is -1.82. The second-order valence-corrected chi connectivity index (χ2v) is 6.32. The molecule has 1 aliphatic carbocycles. The molecule has 5 nitrogen and oxygen atoms in total. The molecule has 1 saturated carbocycles. The topological polar surface area (TPSA) is 73.9 Å². The first kappa shape index (κ1) is 14.1. The minimum atomic E-state index is 0.510. The van der Waals surface area contributed by atoms with Crippen molar-refractivity contribution >= 4 is 17.4 Å². The zero-order valence-electron chi connectivity index (χ0n) is 12.2. The minimum absolute atomic E-state index is 0.510. The van der Waals surface area contributed by atoms with E-state index in [-0.39, 0.29) is 0 Å². The van der Waals surface area contributed by atoms with Crippen LogP contribution in [0.2, 0.25) is 0 Å². The van der Waals surface area contributed by atoms with E-state index in [2.05, 4.69) is 15.0 Å². The van der Waals surface area contributed by atoms with Crippen molar-refractivity contribution in [3.8, 4) is 5.88 Å². The Morgan fingerprint density at radius 1 is 1.19 bits per heavy atom. The van der Waals surface area contributed by atoms with Gasteiger partial charge in [-0.15, -0.1) is 0 Å². The van der Waals surface area contributed by atoms with E-state index < -0.39 is 0 Å². The second-order valence-electron chi connectivity index (χ2n) is 5.33. The molecule has 6 heteroatoms. The Kier molecular flexibility index (Phi) is 3.96. The van der Waals surface area contributed by atoms with Crippen LogP contribution in [0, 0.1) is 19.8 Å². The molecule has 21 heavy (non-hydrogen) atoms. The van der Waals surface area contributed by atoms with E-state index >= 15 is 0 Å². The van der Waals surface area contributed by atoms with Gasteiger partial charge >= 0.3 is 0 Å². The molecule has 3 rings (SSSR count). The van der Waals surface area contributed by atoms with Crippen molar-refractivity contribution in [1.29, 1.82) is 0 Å². The maximum Gasteiger partial charge on any atom is 0.238 e. The number of rotatable bonds is 5. The fourth-order valence-electron chi connectivity index (χ4n) is 1.92. The number of aryl methyl sites for hydroxylation is 2. The highest BCUT2D eigenvalue weighted by atomic mass is 32.2. The van der Waals surface area contributed by atoms with Crippen molar-refractivity contribution in [3.63, 3.8) is 0 Å². The molecule has 0 amide bonds. The maximum absolute atomic E-state index is 5.91. The van der Waals surface area contributed by atoms with E-state index in [9.17, 15) is 0 Å². The molecule has 0 spiro atoms. The molecule has 0 bridgehead atoms. The molecule has 1 aliphatic rings. The number of nitrogens with zero attached hydrogens (tertiary/aromatic N) is 3. The van der Waals surface area contributed by atoms with Crippen LogP contribution in [0.15, 0.2) is 28.4 Å². The van der Waals surface area contributed by atoms with Crippen molar-refractivity contribution < 1.29 is 4.74 Å². The van der Waals surface area contributed by atoms with E-state index in [0.717, 1.165) is 16.4 Å². The molecular weight excluding hydrogens is 284 g/mol. The molecule has 0 radical (unpaired) electrons. The van der Waals surface area contributed by atoms with Gasteiger partial charge in [-0.3, -0.25) is 0 Å². The summed E-state index contributed by atoms with van der Waals surface area (Å²) in [6.07, 6.45) is 2.48. The van der Waals surface area contributed by atoms with Crippen LogP contribution in [-0.4, -0.2) is 21.6 Å². The molecule has 2 aromatic heterocycles. The molecule has 2 aromatic rings. The summed E-state index contributed by atoms with van der Waals surface area (Å²) in [5, 5.41) is 1.48. The van der Waals surface area contributed by atoms with E-state index in [4.69, 9.17) is 10.5 Å². The average molecular weight is 302 g/mol. The zero-order chi connectivity index (χ0) is 14.8. The first-order valence-corrected chi connectivity index (χ1v) is 7.81. The van der Waals surface area contributed by atoms with Crippen LogP contribution in [0.1, 0.15) is 24.2 Å². The molecular formula is C15H18N4OS. The second kappa shape index (κ2) is 5.89. The lowest BCUT2D eigenvalue weighted by Crippen LogP contribution is -2.04. The highest BCUT2D eigenvalue weighted by Gasteiger charge is 2.22. The van der Waals surface area contributed by atoms with Gasteiger partial charge in [0.2, 0.25) is 5.88 Å². The quantitative estimate of drug-likeness (QED) is 0.856. The highest BCUT2D eigenvalue weighted by Crippen LogP contribution is 2.32. The number of hydrogen-bond donors (Lipinski definition) is 1. The van der Waals surface area contributed by atoms with Crippen LogP contribution < -0.4 is 10.5 Å². The third kappa shape index (κ3) is 3.85. The highest BCUT2D eigenvalue weighted by molar-refractivity contribution is 7.99. The Morgan fingerprint density at radius 2 is 1.90 bits per heavy atom. The Balaban J connectivity index is 1.76. The molecule has 2 N–H and O–H groups in total. The van der Waals surface area contributed by atoms with Crippen LogP contribution in [0.3, 0.4) is 0 Å². The SMILES string of the molecule is Cc1cc(C)nc(Sc2ccc(N)c(OCC3CC3)n2)n1. The molecule has 1 fully saturated rings. The van der Waals surface area contributed by atoms with Crippen molar-refractivity contribution in [2.45, 2.75) is 36.9 Å². The molecule has 0 atom stereocenters. The summed E-state index contributed by atoms with van der Waals surface area (Å²) in [6.45, 7) is 4.62. The van der Waals surface area contributed by atoms with E-state index in [1.165, 1.54) is 24.6 Å². The van der Waals surface area contributed by atoms with Crippen molar-refractivity contribution in [1.82, 2.24) is 15.0 Å². The number of anilines is 1. The summed E-state index contributed by atoms with van der Waals surface area (Å²) in [5.74, 6) is 1.18. The number of pyridine rings is 1. The van der Waals surface area contributed by atoms with Gasteiger partial charge in [0.25, 0.3) is 0 Å². The molecule has 0 unspecified atom stereocenters. The average Bonchev–Trinajstić information content (AvgIpc) is 3.22. The zero-order valence-corrected chi connectivity index (χ0v) is 13.0. The fourth-order valence-corrected chi connectivity index (χ4v) is 2.75. The first-order chi connectivity index (χ1) is 10.1. The molecule has 0 aliphatic heterocycles. The number of nitrogens with two attached hydrogens (primary N) is 1. The lowest BCUT2D eigenvalue weighted by Gasteiger charge is -2.09. The lowest BCUT2D eigenvalue weighted by atomic mass is 10.4. The molecule has 0 saturated heterocycles. The summed E-state index contributed by atoms with van der Waals surface area (Å²) in [5.41, 5.74) is 8.38. The van der Waals surface area contributed by atoms with Gasteiger partial charge in [0.05, 0.1) is 12.3 Å². The first-order valence-electron chi connectivity index (χ1n) is 6.99. The maximum atomic E-state index is 5.91. The van der Waals surface area contributed by atoms with Crippen molar-refractivity contribution in [2.75, 3.05) is 12.3 Å². The van der Waals surface area contributed by atoms with Gasteiger partial charge in [0.15, 0.2) is 5.16 Å². The Morgan fingerprint density at radius 3 is 2.57 bits per heavy atom. The van der Waals surface area contributed by atoms with E-state index in [1.807, 2.05) is 32.0 Å². The summed E-state index contributed by atoms with van der Waals surface area (Å²) in [4.78, 5) is 13.3. The Labute approximate surface area is 128 Å². The van der Waals surface area contributed by atoms with Crippen LogP contribution >= 0.6 is 11.8 Å². The normalized spacial score (nSPS) is 14.2. The smallest absolute Gasteiger partial charge is 0.238 e. The lowest BCUT2D eigenvalue weighted by molar-refractivity contribution is 0.288. The number of nitrogen functional groups attached to an aromatic ring is 1. The standard InChI is InChI=1S/C15H18N4OS/c1-9-7-10(2)18-15(17-9)21-13-6-5-12(16)14(19-13)20-8-11-3-4-11/h5-7,11H,3-4,8,16H2,1-2H3. The van der Waals surface area contributed by atoms with Crippen molar-refractivity contribution in [2.24, 2.45) is 5.92 Å². The fraction of sp³-hybridized carbons (Fsp3) is 0.400. The van der Waals surface area contributed by atoms with Crippen LogP contribution in [-0.2, 0) is 0 Å². The molecule has 110 valence electrons. The molecule has 2 heterocycles. The van der Waals surface area contributed by atoms with Crippen LogP contribution in [0.4, 0.5) is 5.69 Å². The Bertz CT molecular complexity index is 638. The third-order valence-electron chi connectivity index (χ3n) is 3.17. The van der Waals surface area contributed by atoms with Gasteiger partial charge < -0.3 is 10.5 Å². The predicted octanol–water partition coefficient (Wildman–Crippen LogP) is 3.01. The van der Waals surface area contributed by atoms with Gasteiger partial charge in [-0.25, -0.2) is 15.0 Å². The number of hydrogen-bond acceptors (Lipinski definition) is 6. The largest absolute Gasteiger partial charge is 0.476 e. The summed E-state index contributed by atoms with van der Waals surface area (Å²) < 4.78 is 5.70.